The normalized spacial score (nSPS) is 11.9. The van der Waals surface area contributed by atoms with Crippen molar-refractivity contribution in [3.8, 4) is 0 Å². The minimum absolute atomic E-state index is 0.0240. The van der Waals surface area contributed by atoms with E-state index < -0.39 is 7.60 Å². The van der Waals surface area contributed by atoms with Gasteiger partial charge in [-0.25, -0.2) is 4.98 Å². The zero-order valence-electron chi connectivity index (χ0n) is 13.5. The highest BCUT2D eigenvalue weighted by Crippen LogP contribution is 2.47. The van der Waals surface area contributed by atoms with Crippen molar-refractivity contribution in [1.82, 2.24) is 19.7 Å². The molecule has 2 aromatic heterocycles. The van der Waals surface area contributed by atoms with E-state index >= 15 is 0 Å². The first kappa shape index (κ1) is 18.4. The van der Waals surface area contributed by atoms with Crippen LogP contribution < -0.4 is 16.3 Å². The van der Waals surface area contributed by atoms with Gasteiger partial charge in [0, 0.05) is 0 Å². The maximum atomic E-state index is 12.2. The second kappa shape index (κ2) is 8.25. The third-order valence-electron chi connectivity index (χ3n) is 2.77. The van der Waals surface area contributed by atoms with Crippen molar-refractivity contribution in [2.24, 2.45) is 0 Å². The number of aromatic nitrogens is 4. The maximum absolute atomic E-state index is 12.2. The summed E-state index contributed by atoms with van der Waals surface area (Å²) < 4.78 is 29.0. The molecule has 0 amide bonds. The molecule has 0 aliphatic heterocycles. The highest BCUT2D eigenvalue weighted by Gasteiger charge is 2.23. The molecule has 4 N–H and O–H groups in total. The van der Waals surface area contributed by atoms with Crippen molar-refractivity contribution in [3.63, 3.8) is 0 Å². The fraction of sp³-hybridized carbons (Fsp3) is 0.583. The lowest BCUT2D eigenvalue weighted by molar-refractivity contribution is 0.0488. The van der Waals surface area contributed by atoms with Crippen LogP contribution in [0.25, 0.3) is 11.2 Å². The molecule has 24 heavy (non-hydrogen) atoms. The summed E-state index contributed by atoms with van der Waals surface area (Å²) in [7, 11) is -3.22. The van der Waals surface area contributed by atoms with Crippen LogP contribution >= 0.6 is 7.60 Å². The number of nitrogens with two attached hydrogens (primary N) is 2. The summed E-state index contributed by atoms with van der Waals surface area (Å²) in [6.45, 7) is 4.35. The van der Waals surface area contributed by atoms with Crippen LogP contribution in [0.3, 0.4) is 0 Å². The molecule has 0 spiro atoms. The van der Waals surface area contributed by atoms with Gasteiger partial charge in [-0.2, -0.15) is 14.7 Å². The SMILES string of the molecule is CCOP(=O)(COCCOn1cnc2c(N)nc(N)nc21)OCC. The Balaban J connectivity index is 1.86. The van der Waals surface area contributed by atoms with Gasteiger partial charge in [0.15, 0.2) is 11.3 Å². The van der Waals surface area contributed by atoms with Gasteiger partial charge >= 0.3 is 7.60 Å². The molecule has 2 rings (SSSR count). The molecule has 0 bridgehead atoms. The third kappa shape index (κ3) is 4.54. The summed E-state index contributed by atoms with van der Waals surface area (Å²) in [5.74, 6) is 0.196. The third-order valence-corrected chi connectivity index (χ3v) is 4.57. The van der Waals surface area contributed by atoms with E-state index in [0.717, 1.165) is 0 Å². The molecule has 0 aliphatic carbocycles. The summed E-state index contributed by atoms with van der Waals surface area (Å²) >= 11 is 0. The van der Waals surface area contributed by atoms with E-state index in [2.05, 4.69) is 15.0 Å². The number of ether oxygens (including phenoxy) is 1. The highest BCUT2D eigenvalue weighted by atomic mass is 31.2. The molecule has 0 unspecified atom stereocenters. The summed E-state index contributed by atoms with van der Waals surface area (Å²) in [5, 5.41) is 0. The smallest absolute Gasteiger partial charge is 0.356 e. The monoisotopic (exact) mass is 360 g/mol. The van der Waals surface area contributed by atoms with Crippen LogP contribution in [0, 0.1) is 0 Å². The Bertz CT molecular complexity index is 713. The summed E-state index contributed by atoms with van der Waals surface area (Å²) in [6.07, 6.45) is 1.26. The zero-order chi connectivity index (χ0) is 17.6. The number of hydrogen-bond acceptors (Lipinski definition) is 10. The van der Waals surface area contributed by atoms with Gasteiger partial charge in [0.25, 0.3) is 0 Å². The fourth-order valence-corrected chi connectivity index (χ4v) is 3.25. The van der Waals surface area contributed by atoms with Crippen molar-refractivity contribution < 1.29 is 23.2 Å². The van der Waals surface area contributed by atoms with Gasteiger partial charge in [-0.05, 0) is 13.8 Å². The second-order valence-corrected chi connectivity index (χ2v) is 6.52. The molecule has 0 radical (unpaired) electrons. The average molecular weight is 360 g/mol. The Kier molecular flexibility index (Phi) is 6.32. The predicted molar refractivity (Wildman–Crippen MR) is 87.3 cm³/mol. The molecule has 0 aliphatic rings. The number of nitrogens with zero attached hydrogens (tertiary/aromatic N) is 4. The van der Waals surface area contributed by atoms with E-state index in [-0.39, 0.29) is 44.5 Å². The summed E-state index contributed by atoms with van der Waals surface area (Å²) in [6, 6.07) is 0. The van der Waals surface area contributed by atoms with E-state index in [9.17, 15) is 4.57 Å². The summed E-state index contributed by atoms with van der Waals surface area (Å²) in [5.41, 5.74) is 12.0. The fourth-order valence-electron chi connectivity index (χ4n) is 1.89. The lowest BCUT2D eigenvalue weighted by atomic mass is 10.5. The van der Waals surface area contributed by atoms with Crippen LogP contribution in [0.15, 0.2) is 6.33 Å². The Hall–Kier alpha value is -1.94. The van der Waals surface area contributed by atoms with Crippen molar-refractivity contribution in [3.05, 3.63) is 6.33 Å². The van der Waals surface area contributed by atoms with Crippen molar-refractivity contribution in [1.29, 1.82) is 0 Å². The Morgan fingerprint density at radius 1 is 1.17 bits per heavy atom. The number of imidazole rings is 1. The van der Waals surface area contributed by atoms with Crippen LogP contribution in [0.1, 0.15) is 13.8 Å². The van der Waals surface area contributed by atoms with Gasteiger partial charge in [-0.1, -0.05) is 0 Å². The van der Waals surface area contributed by atoms with Crippen molar-refractivity contribution in [2.45, 2.75) is 13.8 Å². The lowest BCUT2D eigenvalue weighted by Crippen LogP contribution is -2.17. The standard InChI is InChI=1S/C12H21N6O5P/c1-3-22-24(19,23-4-2)8-20-5-6-21-18-7-15-9-10(13)16-12(14)17-11(9)18/h7H,3-6,8H2,1-2H3,(H4,13,14,16,17). The molecular formula is C12H21N6O5P. The number of rotatable bonds is 10. The van der Waals surface area contributed by atoms with Gasteiger partial charge in [0.1, 0.15) is 19.3 Å². The largest absolute Gasteiger partial charge is 0.408 e. The number of nitrogen functional groups attached to an aromatic ring is 2. The molecule has 12 heteroatoms. The topological polar surface area (TPSA) is 150 Å². The van der Waals surface area contributed by atoms with Gasteiger partial charge in [0.05, 0.1) is 19.8 Å². The Morgan fingerprint density at radius 2 is 1.88 bits per heavy atom. The minimum Gasteiger partial charge on any atom is -0.408 e. The van der Waals surface area contributed by atoms with E-state index in [4.69, 9.17) is 30.1 Å². The first-order valence-corrected chi connectivity index (χ1v) is 9.07. The maximum Gasteiger partial charge on any atom is 0.356 e. The average Bonchev–Trinajstić information content (AvgIpc) is 2.91. The van der Waals surface area contributed by atoms with Gasteiger partial charge in [0.2, 0.25) is 11.6 Å². The molecule has 0 fully saturated rings. The van der Waals surface area contributed by atoms with Crippen LogP contribution in [-0.2, 0) is 18.3 Å². The Labute approximate surface area is 138 Å². The molecule has 2 heterocycles. The second-order valence-electron chi connectivity index (χ2n) is 4.53. The van der Waals surface area contributed by atoms with Gasteiger partial charge < -0.3 is 30.1 Å². The molecule has 0 saturated carbocycles. The molecule has 0 saturated heterocycles. The van der Waals surface area contributed by atoms with E-state index in [1.807, 2.05) is 0 Å². The number of anilines is 2. The molecule has 2 aromatic rings. The molecule has 0 atom stereocenters. The van der Waals surface area contributed by atoms with Crippen molar-refractivity contribution in [2.75, 3.05) is 44.2 Å². The van der Waals surface area contributed by atoms with Crippen LogP contribution in [-0.4, -0.2) is 52.5 Å². The van der Waals surface area contributed by atoms with Crippen molar-refractivity contribution >= 4 is 30.5 Å². The first-order chi connectivity index (χ1) is 11.5. The first-order valence-electron chi connectivity index (χ1n) is 7.34. The predicted octanol–water partition coefficient (Wildman–Crippen LogP) is 0.659. The van der Waals surface area contributed by atoms with Gasteiger partial charge in [-0.3, -0.25) is 4.57 Å². The number of hydrogen-bond donors (Lipinski definition) is 2. The Morgan fingerprint density at radius 3 is 2.54 bits per heavy atom. The van der Waals surface area contributed by atoms with Gasteiger partial charge in [-0.15, -0.1) is 0 Å². The quantitative estimate of drug-likeness (QED) is 0.457. The molecular weight excluding hydrogens is 339 g/mol. The van der Waals surface area contributed by atoms with Crippen LogP contribution in [0.5, 0.6) is 0 Å². The minimum atomic E-state index is -3.22. The van der Waals surface area contributed by atoms with E-state index in [1.165, 1.54) is 11.1 Å². The summed E-state index contributed by atoms with van der Waals surface area (Å²) in [4.78, 5) is 17.3. The zero-order valence-corrected chi connectivity index (χ0v) is 14.4. The van der Waals surface area contributed by atoms with Crippen LogP contribution in [0.4, 0.5) is 11.8 Å². The lowest BCUT2D eigenvalue weighted by Gasteiger charge is -2.16. The van der Waals surface area contributed by atoms with Crippen LogP contribution in [0.2, 0.25) is 0 Å². The molecule has 134 valence electrons. The van der Waals surface area contributed by atoms with E-state index in [1.54, 1.807) is 13.8 Å². The molecule has 11 nitrogen and oxygen atoms in total. The highest BCUT2D eigenvalue weighted by molar-refractivity contribution is 7.53. The number of fused-ring (bicyclic) bond motifs is 1. The van der Waals surface area contributed by atoms with E-state index in [0.29, 0.717) is 11.2 Å². The molecule has 0 aromatic carbocycles.